The molecule has 0 saturated heterocycles. The monoisotopic (exact) mass is 373 g/mol. The average molecular weight is 374 g/mol. The van der Waals surface area contributed by atoms with Crippen LogP contribution in [0.4, 0.5) is 5.13 Å². The van der Waals surface area contributed by atoms with Crippen molar-refractivity contribution in [3.63, 3.8) is 0 Å². The Morgan fingerprint density at radius 2 is 2.04 bits per heavy atom. The number of amides is 1. The van der Waals surface area contributed by atoms with Crippen LogP contribution < -0.4 is 10.1 Å². The molecule has 0 aliphatic heterocycles. The number of nitrogens with one attached hydrogen (secondary N) is 1. The Hall–Kier alpha value is -1.95. The van der Waals surface area contributed by atoms with E-state index in [0.29, 0.717) is 30.5 Å². The summed E-state index contributed by atoms with van der Waals surface area (Å²) in [6.45, 7) is 4.60. The SMILES string of the molecule is Cc1ccc(C)c(OCCCC(=O)Nc2nnc(C3CCCCC3)s2)c1. The van der Waals surface area contributed by atoms with Crippen LogP contribution in [-0.4, -0.2) is 22.7 Å². The molecule has 1 heterocycles. The summed E-state index contributed by atoms with van der Waals surface area (Å²) in [7, 11) is 0. The molecular formula is C20H27N3O2S. The van der Waals surface area contributed by atoms with E-state index in [-0.39, 0.29) is 5.91 Å². The van der Waals surface area contributed by atoms with E-state index in [2.05, 4.69) is 27.6 Å². The first-order valence-corrected chi connectivity index (χ1v) is 10.3. The van der Waals surface area contributed by atoms with Crippen molar-refractivity contribution in [1.82, 2.24) is 10.2 Å². The van der Waals surface area contributed by atoms with Crippen molar-refractivity contribution in [3.8, 4) is 5.75 Å². The maximum Gasteiger partial charge on any atom is 0.226 e. The van der Waals surface area contributed by atoms with Gasteiger partial charge in [0.05, 0.1) is 6.61 Å². The van der Waals surface area contributed by atoms with Crippen LogP contribution in [-0.2, 0) is 4.79 Å². The van der Waals surface area contributed by atoms with Gasteiger partial charge < -0.3 is 10.1 Å². The average Bonchev–Trinajstić information content (AvgIpc) is 3.10. The summed E-state index contributed by atoms with van der Waals surface area (Å²) in [5.41, 5.74) is 2.29. The maximum absolute atomic E-state index is 12.1. The first-order chi connectivity index (χ1) is 12.6. The number of anilines is 1. The van der Waals surface area contributed by atoms with E-state index >= 15 is 0 Å². The van der Waals surface area contributed by atoms with Gasteiger partial charge in [-0.1, -0.05) is 42.7 Å². The maximum atomic E-state index is 12.1. The van der Waals surface area contributed by atoms with Gasteiger partial charge >= 0.3 is 0 Å². The Labute approximate surface area is 159 Å². The van der Waals surface area contributed by atoms with Gasteiger partial charge in [0.25, 0.3) is 0 Å². The van der Waals surface area contributed by atoms with Crippen LogP contribution in [0.5, 0.6) is 5.75 Å². The zero-order valence-corrected chi connectivity index (χ0v) is 16.4. The van der Waals surface area contributed by atoms with Crippen molar-refractivity contribution in [2.45, 2.75) is 64.7 Å². The van der Waals surface area contributed by atoms with Crippen molar-refractivity contribution in [1.29, 1.82) is 0 Å². The second-order valence-corrected chi connectivity index (χ2v) is 8.06. The third-order valence-corrected chi connectivity index (χ3v) is 5.79. The zero-order valence-electron chi connectivity index (χ0n) is 15.6. The topological polar surface area (TPSA) is 64.1 Å². The van der Waals surface area contributed by atoms with E-state index < -0.39 is 0 Å². The van der Waals surface area contributed by atoms with Gasteiger partial charge in [0, 0.05) is 12.3 Å². The molecule has 0 radical (unpaired) electrons. The molecule has 1 aromatic heterocycles. The van der Waals surface area contributed by atoms with E-state index in [1.54, 1.807) is 0 Å². The van der Waals surface area contributed by atoms with Gasteiger partial charge in [-0.05, 0) is 50.3 Å². The molecule has 0 bridgehead atoms. The van der Waals surface area contributed by atoms with Gasteiger partial charge in [0.2, 0.25) is 11.0 Å². The van der Waals surface area contributed by atoms with Crippen LogP contribution in [0, 0.1) is 13.8 Å². The number of hydrogen-bond acceptors (Lipinski definition) is 5. The molecule has 5 nitrogen and oxygen atoms in total. The van der Waals surface area contributed by atoms with Crippen molar-refractivity contribution in [3.05, 3.63) is 34.3 Å². The highest BCUT2D eigenvalue weighted by Crippen LogP contribution is 2.35. The molecule has 1 aliphatic rings. The first-order valence-electron chi connectivity index (χ1n) is 9.45. The highest BCUT2D eigenvalue weighted by Gasteiger charge is 2.20. The van der Waals surface area contributed by atoms with Crippen LogP contribution in [0.15, 0.2) is 18.2 Å². The molecule has 140 valence electrons. The highest BCUT2D eigenvalue weighted by molar-refractivity contribution is 7.15. The molecule has 1 fully saturated rings. The van der Waals surface area contributed by atoms with Crippen LogP contribution >= 0.6 is 11.3 Å². The van der Waals surface area contributed by atoms with E-state index in [1.807, 2.05) is 19.9 Å². The Balaban J connectivity index is 1.40. The van der Waals surface area contributed by atoms with Crippen molar-refractivity contribution in [2.24, 2.45) is 0 Å². The fourth-order valence-electron chi connectivity index (χ4n) is 3.26. The predicted molar refractivity (Wildman–Crippen MR) is 105 cm³/mol. The molecular weight excluding hydrogens is 346 g/mol. The Morgan fingerprint density at radius 3 is 2.85 bits per heavy atom. The quantitative estimate of drug-likeness (QED) is 0.694. The van der Waals surface area contributed by atoms with Crippen LogP contribution in [0.2, 0.25) is 0 Å². The Morgan fingerprint density at radius 1 is 1.23 bits per heavy atom. The fraction of sp³-hybridized carbons (Fsp3) is 0.550. The zero-order chi connectivity index (χ0) is 18.4. The summed E-state index contributed by atoms with van der Waals surface area (Å²) in [5, 5.41) is 13.0. The van der Waals surface area contributed by atoms with Crippen LogP contribution in [0.3, 0.4) is 0 Å². The lowest BCUT2D eigenvalue weighted by atomic mass is 9.90. The number of benzene rings is 1. The number of hydrogen-bond donors (Lipinski definition) is 1. The van der Waals surface area contributed by atoms with Crippen LogP contribution in [0.1, 0.15) is 67.0 Å². The molecule has 1 saturated carbocycles. The van der Waals surface area contributed by atoms with Gasteiger partial charge in [-0.25, -0.2) is 0 Å². The lowest BCUT2D eigenvalue weighted by molar-refractivity contribution is -0.116. The normalized spacial score (nSPS) is 15.0. The molecule has 1 N–H and O–H groups in total. The third kappa shape index (κ3) is 5.27. The first kappa shape index (κ1) is 18.8. The lowest BCUT2D eigenvalue weighted by Gasteiger charge is -2.18. The molecule has 1 amide bonds. The standard InChI is InChI=1S/C20H27N3O2S/c1-14-10-11-15(2)17(13-14)25-12-6-9-18(24)21-20-23-22-19(26-20)16-7-4-3-5-8-16/h10-11,13,16H,3-9,12H2,1-2H3,(H,21,23,24). The number of nitrogens with zero attached hydrogens (tertiary/aromatic N) is 2. The van der Waals surface area contributed by atoms with Crippen LogP contribution in [0.25, 0.3) is 0 Å². The molecule has 1 aromatic carbocycles. The molecule has 26 heavy (non-hydrogen) atoms. The molecule has 0 spiro atoms. The van der Waals surface area contributed by atoms with Gasteiger partial charge in [-0.3, -0.25) is 4.79 Å². The second-order valence-electron chi connectivity index (χ2n) is 7.05. The Kier molecular flexibility index (Phi) is 6.61. The summed E-state index contributed by atoms with van der Waals surface area (Å²) in [5.74, 6) is 1.39. The smallest absolute Gasteiger partial charge is 0.226 e. The van der Waals surface area contributed by atoms with E-state index in [1.165, 1.54) is 49.0 Å². The van der Waals surface area contributed by atoms with E-state index in [9.17, 15) is 4.79 Å². The molecule has 2 aromatic rings. The van der Waals surface area contributed by atoms with Gasteiger partial charge in [0.15, 0.2) is 0 Å². The summed E-state index contributed by atoms with van der Waals surface area (Å²) in [4.78, 5) is 12.1. The summed E-state index contributed by atoms with van der Waals surface area (Å²) >= 11 is 1.52. The fourth-order valence-corrected chi connectivity index (χ4v) is 4.19. The van der Waals surface area contributed by atoms with Crippen molar-refractivity contribution < 1.29 is 9.53 Å². The van der Waals surface area contributed by atoms with Gasteiger partial charge in [-0.15, -0.1) is 10.2 Å². The molecule has 0 unspecified atom stereocenters. The molecule has 6 heteroatoms. The Bertz CT molecular complexity index is 738. The molecule has 0 atom stereocenters. The third-order valence-electron chi connectivity index (χ3n) is 4.79. The largest absolute Gasteiger partial charge is 0.493 e. The molecule has 1 aliphatic carbocycles. The number of carbonyl (C=O) groups excluding carboxylic acids is 1. The second kappa shape index (κ2) is 9.12. The summed E-state index contributed by atoms with van der Waals surface area (Å²) in [6.07, 6.45) is 7.34. The number of aromatic nitrogens is 2. The minimum Gasteiger partial charge on any atom is -0.493 e. The van der Waals surface area contributed by atoms with Crippen molar-refractivity contribution >= 4 is 22.4 Å². The number of carbonyl (C=O) groups is 1. The highest BCUT2D eigenvalue weighted by atomic mass is 32.1. The van der Waals surface area contributed by atoms with E-state index in [0.717, 1.165) is 16.3 Å². The van der Waals surface area contributed by atoms with Gasteiger partial charge in [-0.2, -0.15) is 0 Å². The summed E-state index contributed by atoms with van der Waals surface area (Å²) in [6, 6.07) is 6.15. The van der Waals surface area contributed by atoms with Gasteiger partial charge in [0.1, 0.15) is 10.8 Å². The number of ether oxygens (including phenoxy) is 1. The minimum atomic E-state index is -0.0269. The van der Waals surface area contributed by atoms with E-state index in [4.69, 9.17) is 4.74 Å². The lowest BCUT2D eigenvalue weighted by Crippen LogP contribution is -2.12. The number of rotatable bonds is 7. The number of aryl methyl sites for hydroxylation is 2. The van der Waals surface area contributed by atoms with Crippen molar-refractivity contribution in [2.75, 3.05) is 11.9 Å². The minimum absolute atomic E-state index is 0.0269. The summed E-state index contributed by atoms with van der Waals surface area (Å²) < 4.78 is 5.80. The molecule has 3 rings (SSSR count). The predicted octanol–water partition coefficient (Wildman–Crippen LogP) is 5.00.